The Hall–Kier alpha value is -1.59. The highest BCUT2D eigenvalue weighted by Crippen LogP contribution is 2.37. The lowest BCUT2D eigenvalue weighted by Crippen LogP contribution is -2.49. The Balaban J connectivity index is 2.39. The molecule has 1 aliphatic heterocycles. The van der Waals surface area contributed by atoms with Crippen LogP contribution < -0.4 is 15.4 Å². The third-order valence-electron chi connectivity index (χ3n) is 3.99. The minimum Gasteiger partial charge on any atom is -0.478 e. The van der Waals surface area contributed by atoms with Gasteiger partial charge in [-0.15, -0.1) is 0 Å². The predicted molar refractivity (Wildman–Crippen MR) is 87.0 cm³/mol. The van der Waals surface area contributed by atoms with Crippen molar-refractivity contribution in [2.75, 3.05) is 18.1 Å². The molecule has 5 heteroatoms. The van der Waals surface area contributed by atoms with Crippen molar-refractivity contribution in [1.29, 1.82) is 0 Å². The van der Waals surface area contributed by atoms with Crippen LogP contribution in [-0.4, -0.2) is 30.3 Å². The Morgan fingerprint density at radius 3 is 2.73 bits per heavy atom. The van der Waals surface area contributed by atoms with E-state index in [9.17, 15) is 9.90 Å². The monoisotopic (exact) mass is 306 g/mol. The molecule has 1 aromatic carbocycles. The van der Waals surface area contributed by atoms with Crippen LogP contribution in [0.3, 0.4) is 0 Å². The molecule has 2 rings (SSSR count). The van der Waals surface area contributed by atoms with Crippen LogP contribution in [0.1, 0.15) is 45.2 Å². The lowest BCUT2D eigenvalue weighted by molar-refractivity contribution is -0.128. The van der Waals surface area contributed by atoms with Crippen molar-refractivity contribution in [2.45, 2.75) is 45.8 Å². The summed E-state index contributed by atoms with van der Waals surface area (Å²) in [4.78, 5) is 14.2. The van der Waals surface area contributed by atoms with Crippen LogP contribution in [0.15, 0.2) is 18.2 Å². The molecule has 2 unspecified atom stereocenters. The molecule has 1 heterocycles. The number of anilines is 1. The molecule has 0 radical (unpaired) electrons. The Morgan fingerprint density at radius 2 is 2.14 bits per heavy atom. The molecule has 122 valence electrons. The number of hydrogen-bond donors (Lipinski definition) is 2. The lowest BCUT2D eigenvalue weighted by atomic mass is 9.99. The Kier molecular flexibility index (Phi) is 5.42. The van der Waals surface area contributed by atoms with Gasteiger partial charge in [0.1, 0.15) is 5.75 Å². The number of nitrogens with two attached hydrogens (primary N) is 1. The van der Waals surface area contributed by atoms with Crippen LogP contribution in [0, 0.1) is 5.92 Å². The van der Waals surface area contributed by atoms with Gasteiger partial charge in [0.2, 0.25) is 0 Å². The third kappa shape index (κ3) is 3.25. The summed E-state index contributed by atoms with van der Waals surface area (Å²) in [5.41, 5.74) is 7.87. The quantitative estimate of drug-likeness (QED) is 0.845. The zero-order valence-electron chi connectivity index (χ0n) is 13.6. The minimum absolute atomic E-state index is 0.0517. The van der Waals surface area contributed by atoms with E-state index in [0.29, 0.717) is 11.4 Å². The summed E-state index contributed by atoms with van der Waals surface area (Å²) in [5, 5.41) is 9.29. The van der Waals surface area contributed by atoms with Crippen molar-refractivity contribution in [2.24, 2.45) is 11.7 Å². The smallest absolute Gasteiger partial charge is 0.268 e. The molecule has 1 aromatic rings. The molecule has 22 heavy (non-hydrogen) atoms. The number of amides is 1. The van der Waals surface area contributed by atoms with Crippen molar-refractivity contribution in [3.05, 3.63) is 23.8 Å². The maximum atomic E-state index is 12.6. The summed E-state index contributed by atoms with van der Waals surface area (Å²) in [6.45, 7) is 6.19. The number of carbonyl (C=O) groups excluding carboxylic acids is 1. The van der Waals surface area contributed by atoms with Gasteiger partial charge in [-0.25, -0.2) is 0 Å². The van der Waals surface area contributed by atoms with Crippen LogP contribution in [0.2, 0.25) is 0 Å². The number of β-amino-alcohol motifs (C(OH)–C–C–N with tert-alkyl or cyclic N) is 1. The van der Waals surface area contributed by atoms with E-state index >= 15 is 0 Å². The number of fused-ring (bicyclic) bond motifs is 1. The number of aliphatic hydroxyl groups excluding tert-OH is 1. The van der Waals surface area contributed by atoms with E-state index in [1.54, 1.807) is 4.90 Å². The molecule has 0 aromatic heterocycles. The molecular weight excluding hydrogens is 280 g/mol. The molecule has 0 bridgehead atoms. The maximum Gasteiger partial charge on any atom is 0.268 e. The number of hydrogen-bond acceptors (Lipinski definition) is 4. The topological polar surface area (TPSA) is 75.8 Å². The third-order valence-corrected chi connectivity index (χ3v) is 3.99. The van der Waals surface area contributed by atoms with Gasteiger partial charge in [0.15, 0.2) is 6.10 Å². The van der Waals surface area contributed by atoms with E-state index in [1.165, 1.54) is 0 Å². The van der Waals surface area contributed by atoms with Crippen LogP contribution in [-0.2, 0) is 4.79 Å². The first-order valence-corrected chi connectivity index (χ1v) is 7.98. The van der Waals surface area contributed by atoms with Gasteiger partial charge in [0, 0.05) is 12.6 Å². The summed E-state index contributed by atoms with van der Waals surface area (Å²) in [6.07, 6.45) is 1.39. The van der Waals surface area contributed by atoms with Crippen molar-refractivity contribution in [1.82, 2.24) is 0 Å². The van der Waals surface area contributed by atoms with Crippen LogP contribution in [0.5, 0.6) is 5.75 Å². The largest absolute Gasteiger partial charge is 0.478 e. The minimum atomic E-state index is -0.505. The average molecular weight is 306 g/mol. The van der Waals surface area contributed by atoms with Crippen molar-refractivity contribution < 1.29 is 14.6 Å². The van der Waals surface area contributed by atoms with Crippen molar-refractivity contribution >= 4 is 11.6 Å². The molecule has 3 N–H and O–H groups in total. The second-order valence-electron chi connectivity index (χ2n) is 6.12. The number of carbonyl (C=O) groups is 1. The van der Waals surface area contributed by atoms with E-state index in [0.717, 1.165) is 18.4 Å². The Labute approximate surface area is 132 Å². The highest BCUT2D eigenvalue weighted by Gasteiger charge is 2.36. The van der Waals surface area contributed by atoms with Crippen LogP contribution >= 0.6 is 0 Å². The summed E-state index contributed by atoms with van der Waals surface area (Å²) in [5.74, 6) is 0.654. The molecule has 1 aliphatic rings. The summed E-state index contributed by atoms with van der Waals surface area (Å²) >= 11 is 0. The van der Waals surface area contributed by atoms with Crippen molar-refractivity contribution in [3.63, 3.8) is 0 Å². The fourth-order valence-electron chi connectivity index (χ4n) is 2.76. The molecule has 0 spiro atoms. The average Bonchev–Trinajstić information content (AvgIpc) is 2.49. The first kappa shape index (κ1) is 16.8. The summed E-state index contributed by atoms with van der Waals surface area (Å²) in [6, 6.07) is 5.71. The first-order valence-electron chi connectivity index (χ1n) is 7.98. The zero-order valence-corrected chi connectivity index (χ0v) is 13.6. The first-order chi connectivity index (χ1) is 10.5. The Bertz CT molecular complexity index is 531. The van der Waals surface area contributed by atoms with Gasteiger partial charge in [-0.3, -0.25) is 4.79 Å². The fourth-order valence-corrected chi connectivity index (χ4v) is 2.76. The van der Waals surface area contributed by atoms with Gasteiger partial charge in [0.25, 0.3) is 5.91 Å². The standard InChI is InChI=1S/C17H26N2O3/c1-4-5-13(18)12-6-7-15-14(10-12)19(8-9-20)17(21)16(22-15)11(2)3/h6-7,10-11,13,16,20H,4-5,8-9,18H2,1-3H3. The number of ether oxygens (including phenoxy) is 1. The van der Waals surface area contributed by atoms with E-state index in [1.807, 2.05) is 32.0 Å². The van der Waals surface area contributed by atoms with Gasteiger partial charge < -0.3 is 20.5 Å². The Morgan fingerprint density at radius 1 is 1.41 bits per heavy atom. The second-order valence-corrected chi connectivity index (χ2v) is 6.12. The second kappa shape index (κ2) is 7.11. The van der Waals surface area contributed by atoms with E-state index in [2.05, 4.69) is 6.92 Å². The normalized spacial score (nSPS) is 19.1. The molecule has 1 amide bonds. The number of aliphatic hydroxyl groups is 1. The highest BCUT2D eigenvalue weighted by atomic mass is 16.5. The van der Waals surface area contributed by atoms with Gasteiger partial charge >= 0.3 is 0 Å². The van der Waals surface area contributed by atoms with Gasteiger partial charge in [-0.1, -0.05) is 33.3 Å². The molecule has 2 atom stereocenters. The van der Waals surface area contributed by atoms with Gasteiger partial charge in [-0.2, -0.15) is 0 Å². The van der Waals surface area contributed by atoms with E-state index in [-0.39, 0.29) is 31.0 Å². The number of benzene rings is 1. The SMILES string of the molecule is CCCC(N)c1ccc2c(c1)N(CCO)C(=O)C(C(C)C)O2. The molecule has 0 saturated carbocycles. The van der Waals surface area contributed by atoms with E-state index in [4.69, 9.17) is 10.5 Å². The van der Waals surface area contributed by atoms with E-state index < -0.39 is 6.10 Å². The van der Waals surface area contributed by atoms with Gasteiger partial charge in [-0.05, 0) is 30.0 Å². The van der Waals surface area contributed by atoms with Crippen LogP contribution in [0.4, 0.5) is 5.69 Å². The number of nitrogens with zero attached hydrogens (tertiary/aromatic N) is 1. The zero-order chi connectivity index (χ0) is 16.3. The fraction of sp³-hybridized carbons (Fsp3) is 0.588. The number of rotatable bonds is 6. The lowest BCUT2D eigenvalue weighted by Gasteiger charge is -2.36. The highest BCUT2D eigenvalue weighted by molar-refractivity contribution is 6.00. The van der Waals surface area contributed by atoms with Crippen LogP contribution in [0.25, 0.3) is 0 Å². The molecule has 0 fully saturated rings. The molecule has 5 nitrogen and oxygen atoms in total. The van der Waals surface area contributed by atoms with Gasteiger partial charge in [0.05, 0.1) is 12.3 Å². The maximum absolute atomic E-state index is 12.6. The summed E-state index contributed by atoms with van der Waals surface area (Å²) < 4.78 is 5.86. The molecule has 0 aliphatic carbocycles. The molecule has 0 saturated heterocycles. The van der Waals surface area contributed by atoms with Crippen molar-refractivity contribution in [3.8, 4) is 5.75 Å². The predicted octanol–water partition coefficient (Wildman–Crippen LogP) is 2.23. The summed E-state index contributed by atoms with van der Waals surface area (Å²) in [7, 11) is 0. The molecular formula is C17H26N2O3.